The average Bonchev–Trinajstić information content (AvgIpc) is 2.72. The second-order valence-electron chi connectivity index (χ2n) is 7.10. The molecule has 1 aromatic rings. The van der Waals surface area contributed by atoms with Gasteiger partial charge in [-0.2, -0.15) is 0 Å². The number of esters is 1. The number of benzene rings is 1. The number of hydrogen-bond donors (Lipinski definition) is 1. The van der Waals surface area contributed by atoms with Crippen LogP contribution in [0.3, 0.4) is 0 Å². The molecule has 28 heavy (non-hydrogen) atoms. The van der Waals surface area contributed by atoms with Gasteiger partial charge in [0.15, 0.2) is 0 Å². The normalized spacial score (nSPS) is 20.8. The zero-order valence-electron chi connectivity index (χ0n) is 16.9. The van der Waals surface area contributed by atoms with Crippen LogP contribution in [-0.2, 0) is 9.53 Å². The third-order valence-corrected chi connectivity index (χ3v) is 5.34. The maximum absolute atomic E-state index is 13.0. The lowest BCUT2D eigenvalue weighted by atomic mass is 9.93. The summed E-state index contributed by atoms with van der Waals surface area (Å²) in [7, 11) is 3.28. The Morgan fingerprint density at radius 3 is 2.61 bits per heavy atom. The molecule has 0 aliphatic carbocycles. The molecule has 1 unspecified atom stereocenters. The molecule has 1 atom stereocenters. The van der Waals surface area contributed by atoms with E-state index < -0.39 is 12.0 Å². The SMILES string of the molecule is CCOC(=O)C1=C(CN2CCCCC2)N(C)C(=O)NC1c1ccccc1OC. The number of nitrogens with one attached hydrogen (secondary N) is 1. The van der Waals surface area contributed by atoms with E-state index in [4.69, 9.17) is 9.47 Å². The molecule has 1 saturated heterocycles. The fourth-order valence-corrected chi connectivity index (χ4v) is 3.87. The highest BCUT2D eigenvalue weighted by Crippen LogP contribution is 2.36. The lowest BCUT2D eigenvalue weighted by Gasteiger charge is -2.37. The van der Waals surface area contributed by atoms with Gasteiger partial charge in [0.25, 0.3) is 0 Å². The van der Waals surface area contributed by atoms with Crippen molar-refractivity contribution in [3.63, 3.8) is 0 Å². The van der Waals surface area contributed by atoms with E-state index in [2.05, 4.69) is 10.2 Å². The van der Waals surface area contributed by atoms with E-state index in [1.165, 1.54) is 11.3 Å². The van der Waals surface area contributed by atoms with Crippen molar-refractivity contribution in [1.82, 2.24) is 15.1 Å². The number of ether oxygens (including phenoxy) is 2. The molecule has 1 fully saturated rings. The Hall–Kier alpha value is -2.54. The van der Waals surface area contributed by atoms with Crippen molar-refractivity contribution in [1.29, 1.82) is 0 Å². The highest BCUT2D eigenvalue weighted by Gasteiger charge is 2.38. The Labute approximate surface area is 166 Å². The molecule has 2 aliphatic rings. The van der Waals surface area contributed by atoms with Gasteiger partial charge in [0.2, 0.25) is 0 Å². The van der Waals surface area contributed by atoms with E-state index in [1.54, 1.807) is 21.1 Å². The number of carbonyl (C=O) groups excluding carboxylic acids is 2. The number of likely N-dealkylation sites (tertiary alicyclic amines) is 1. The molecule has 2 heterocycles. The quantitative estimate of drug-likeness (QED) is 0.760. The van der Waals surface area contributed by atoms with E-state index in [9.17, 15) is 9.59 Å². The topological polar surface area (TPSA) is 71.1 Å². The molecule has 0 bridgehead atoms. The fraction of sp³-hybridized carbons (Fsp3) is 0.524. The minimum atomic E-state index is -0.612. The number of urea groups is 1. The van der Waals surface area contributed by atoms with Gasteiger partial charge in [-0.15, -0.1) is 0 Å². The summed E-state index contributed by atoms with van der Waals surface area (Å²) in [4.78, 5) is 29.5. The summed E-state index contributed by atoms with van der Waals surface area (Å²) in [5, 5.41) is 2.94. The van der Waals surface area contributed by atoms with Gasteiger partial charge in [0.05, 0.1) is 25.3 Å². The van der Waals surface area contributed by atoms with Crippen molar-refractivity contribution < 1.29 is 19.1 Å². The molecule has 0 aromatic heterocycles. The summed E-state index contributed by atoms with van der Waals surface area (Å²) in [5.74, 6) is 0.216. The van der Waals surface area contributed by atoms with E-state index in [0.29, 0.717) is 23.6 Å². The van der Waals surface area contributed by atoms with Crippen LogP contribution in [0.25, 0.3) is 0 Å². The first-order valence-electron chi connectivity index (χ1n) is 9.86. The number of carbonyl (C=O) groups is 2. The van der Waals surface area contributed by atoms with Crippen LogP contribution in [0.2, 0.25) is 0 Å². The highest BCUT2D eigenvalue weighted by molar-refractivity contribution is 5.95. The molecule has 1 aromatic carbocycles. The molecule has 152 valence electrons. The van der Waals surface area contributed by atoms with Gasteiger partial charge < -0.3 is 14.8 Å². The smallest absolute Gasteiger partial charge is 0.338 e. The van der Waals surface area contributed by atoms with E-state index >= 15 is 0 Å². The average molecular weight is 387 g/mol. The maximum Gasteiger partial charge on any atom is 0.338 e. The maximum atomic E-state index is 13.0. The van der Waals surface area contributed by atoms with Crippen LogP contribution in [-0.4, -0.2) is 62.2 Å². The van der Waals surface area contributed by atoms with Gasteiger partial charge in [0, 0.05) is 24.9 Å². The summed E-state index contributed by atoms with van der Waals surface area (Å²) in [5.41, 5.74) is 1.91. The molecule has 2 amide bonds. The third-order valence-electron chi connectivity index (χ3n) is 5.34. The highest BCUT2D eigenvalue weighted by atomic mass is 16.5. The number of nitrogens with zero attached hydrogens (tertiary/aromatic N) is 2. The molecule has 3 rings (SSSR count). The molecule has 7 nitrogen and oxygen atoms in total. The Bertz CT molecular complexity index is 756. The Morgan fingerprint density at radius 2 is 1.93 bits per heavy atom. The predicted octanol–water partition coefficient (Wildman–Crippen LogP) is 2.69. The Balaban J connectivity index is 2.08. The van der Waals surface area contributed by atoms with Crippen LogP contribution in [0.1, 0.15) is 37.8 Å². The van der Waals surface area contributed by atoms with Gasteiger partial charge >= 0.3 is 12.0 Å². The van der Waals surface area contributed by atoms with Crippen LogP contribution in [0.5, 0.6) is 5.75 Å². The summed E-state index contributed by atoms with van der Waals surface area (Å²) in [6.07, 6.45) is 3.49. The van der Waals surface area contributed by atoms with Crippen molar-refractivity contribution in [3.05, 3.63) is 41.1 Å². The molecule has 0 radical (unpaired) electrons. The summed E-state index contributed by atoms with van der Waals surface area (Å²) < 4.78 is 10.9. The number of para-hydroxylation sites is 1. The molecule has 0 spiro atoms. The standard InChI is InChI=1S/C21H29N3O4/c1-4-28-20(25)18-16(14-24-12-8-5-9-13-24)23(2)21(26)22-19(18)15-10-6-7-11-17(15)27-3/h6-7,10-11,19H,4-5,8-9,12-14H2,1-3H3,(H,22,26). The van der Waals surface area contributed by atoms with Crippen LogP contribution in [0.15, 0.2) is 35.5 Å². The largest absolute Gasteiger partial charge is 0.496 e. The van der Waals surface area contributed by atoms with Crippen molar-refractivity contribution in [2.75, 3.05) is 40.4 Å². The van der Waals surface area contributed by atoms with Gasteiger partial charge in [-0.25, -0.2) is 9.59 Å². The van der Waals surface area contributed by atoms with Gasteiger partial charge in [-0.05, 0) is 38.9 Å². The second-order valence-corrected chi connectivity index (χ2v) is 7.10. The van der Waals surface area contributed by atoms with E-state index in [1.807, 2.05) is 24.3 Å². The van der Waals surface area contributed by atoms with E-state index in [0.717, 1.165) is 31.5 Å². The zero-order chi connectivity index (χ0) is 20.1. The summed E-state index contributed by atoms with van der Waals surface area (Å²) in [6.45, 7) is 4.54. The minimum Gasteiger partial charge on any atom is -0.496 e. The number of methoxy groups -OCH3 is 1. The predicted molar refractivity (Wildman–Crippen MR) is 106 cm³/mol. The van der Waals surface area contributed by atoms with Gasteiger partial charge in [-0.1, -0.05) is 24.6 Å². The lowest BCUT2D eigenvalue weighted by molar-refractivity contribution is -0.139. The molecule has 0 saturated carbocycles. The molecule has 2 aliphatic heterocycles. The van der Waals surface area contributed by atoms with Crippen LogP contribution in [0, 0.1) is 0 Å². The first-order chi connectivity index (χ1) is 13.6. The fourth-order valence-electron chi connectivity index (χ4n) is 3.87. The monoisotopic (exact) mass is 387 g/mol. The van der Waals surface area contributed by atoms with Crippen molar-refractivity contribution >= 4 is 12.0 Å². The van der Waals surface area contributed by atoms with E-state index in [-0.39, 0.29) is 12.6 Å². The zero-order valence-corrected chi connectivity index (χ0v) is 16.9. The number of rotatable bonds is 6. The van der Waals surface area contributed by atoms with Gasteiger partial charge in [0.1, 0.15) is 5.75 Å². The number of likely N-dealkylation sites (N-methyl/N-ethyl adjacent to an activating group) is 1. The second kappa shape index (κ2) is 9.10. The summed E-state index contributed by atoms with van der Waals surface area (Å²) in [6, 6.07) is 6.58. The minimum absolute atomic E-state index is 0.240. The first kappa shape index (κ1) is 20.2. The Morgan fingerprint density at radius 1 is 1.21 bits per heavy atom. The van der Waals surface area contributed by atoms with Crippen LogP contribution >= 0.6 is 0 Å². The number of amides is 2. The molecule has 1 N–H and O–H groups in total. The van der Waals surface area contributed by atoms with Crippen molar-refractivity contribution in [3.8, 4) is 5.75 Å². The number of hydrogen-bond acceptors (Lipinski definition) is 5. The van der Waals surface area contributed by atoms with Crippen LogP contribution < -0.4 is 10.1 Å². The summed E-state index contributed by atoms with van der Waals surface area (Å²) >= 11 is 0. The molecular weight excluding hydrogens is 358 g/mol. The van der Waals surface area contributed by atoms with Crippen LogP contribution in [0.4, 0.5) is 4.79 Å². The molecular formula is C21H29N3O4. The molecule has 7 heteroatoms. The van der Waals surface area contributed by atoms with Crippen molar-refractivity contribution in [2.24, 2.45) is 0 Å². The third kappa shape index (κ3) is 4.14. The Kier molecular flexibility index (Phi) is 6.57. The van der Waals surface area contributed by atoms with Crippen molar-refractivity contribution in [2.45, 2.75) is 32.2 Å². The lowest BCUT2D eigenvalue weighted by Crippen LogP contribution is -2.49. The van der Waals surface area contributed by atoms with Gasteiger partial charge in [-0.3, -0.25) is 9.80 Å². The first-order valence-corrected chi connectivity index (χ1v) is 9.86. The number of piperidine rings is 1.